The Morgan fingerprint density at radius 3 is 1.89 bits per heavy atom. The van der Waals surface area contributed by atoms with Crippen LogP contribution in [0.5, 0.6) is 0 Å². The van der Waals surface area contributed by atoms with Crippen molar-refractivity contribution < 1.29 is 37.1 Å². The highest BCUT2D eigenvalue weighted by atomic mass is 31.2. The van der Waals surface area contributed by atoms with Crippen LogP contribution >= 0.6 is 15.2 Å². The molecule has 1 N–H and O–H groups in total. The van der Waals surface area contributed by atoms with Gasteiger partial charge in [-0.2, -0.15) is 0 Å². The standard InChI is InChI=1S/C9H20O8P2/c1-7(2)17-8(10)6-9(18(11,12)14-3)19(13,15-4)16-5/h7,9H,6H2,1-5H3,(H,11,12). The second-order valence-corrected chi connectivity index (χ2v) is 8.83. The van der Waals surface area contributed by atoms with Crippen molar-refractivity contribution in [3.05, 3.63) is 0 Å². The molecule has 0 radical (unpaired) electrons. The Bertz CT molecular complexity index is 386. The fourth-order valence-corrected chi connectivity index (χ4v) is 5.22. The molecule has 0 aromatic rings. The van der Waals surface area contributed by atoms with Gasteiger partial charge >= 0.3 is 21.2 Å². The number of esters is 1. The van der Waals surface area contributed by atoms with Crippen LogP contribution in [-0.4, -0.2) is 43.7 Å². The van der Waals surface area contributed by atoms with Gasteiger partial charge in [-0.15, -0.1) is 0 Å². The molecule has 0 bridgehead atoms. The molecule has 0 rings (SSSR count). The molecule has 0 aromatic carbocycles. The Morgan fingerprint density at radius 1 is 1.11 bits per heavy atom. The lowest BCUT2D eigenvalue weighted by molar-refractivity contribution is -0.147. The van der Waals surface area contributed by atoms with Crippen LogP contribution in [0, 0.1) is 0 Å². The maximum Gasteiger partial charge on any atom is 0.345 e. The summed E-state index contributed by atoms with van der Waals surface area (Å²) in [4.78, 5) is 21.2. The lowest BCUT2D eigenvalue weighted by Gasteiger charge is -2.26. The molecule has 0 aliphatic rings. The first-order valence-corrected chi connectivity index (χ1v) is 8.67. The zero-order chi connectivity index (χ0) is 15.3. The zero-order valence-electron chi connectivity index (χ0n) is 11.6. The Labute approximate surface area is 112 Å². The van der Waals surface area contributed by atoms with Crippen molar-refractivity contribution in [3.63, 3.8) is 0 Å². The van der Waals surface area contributed by atoms with E-state index in [4.69, 9.17) is 4.74 Å². The van der Waals surface area contributed by atoms with Gasteiger partial charge in [0, 0.05) is 21.3 Å². The van der Waals surface area contributed by atoms with Gasteiger partial charge in [0.05, 0.1) is 12.5 Å². The van der Waals surface area contributed by atoms with Gasteiger partial charge < -0.3 is 23.2 Å². The van der Waals surface area contributed by atoms with E-state index in [1.165, 1.54) is 0 Å². The summed E-state index contributed by atoms with van der Waals surface area (Å²) in [5.74, 6) is -0.791. The van der Waals surface area contributed by atoms with E-state index in [2.05, 4.69) is 13.6 Å². The first kappa shape index (κ1) is 18.8. The molecule has 0 amide bonds. The van der Waals surface area contributed by atoms with Crippen molar-refractivity contribution in [1.82, 2.24) is 0 Å². The largest absolute Gasteiger partial charge is 0.463 e. The summed E-state index contributed by atoms with van der Waals surface area (Å²) in [6, 6.07) is 0. The predicted octanol–water partition coefficient (Wildman–Crippen LogP) is 1.97. The Hall–Kier alpha value is -0.230. The maximum atomic E-state index is 12.2. The quantitative estimate of drug-likeness (QED) is 0.534. The third-order valence-electron chi connectivity index (χ3n) is 2.23. The molecule has 19 heavy (non-hydrogen) atoms. The number of hydrogen-bond donors (Lipinski definition) is 1. The minimum absolute atomic E-state index is 0.404. The van der Waals surface area contributed by atoms with Crippen LogP contribution in [0.25, 0.3) is 0 Å². The van der Waals surface area contributed by atoms with Crippen LogP contribution in [0.2, 0.25) is 0 Å². The third-order valence-corrected chi connectivity index (χ3v) is 7.34. The molecule has 0 aliphatic heterocycles. The van der Waals surface area contributed by atoms with Gasteiger partial charge in [-0.05, 0) is 13.8 Å². The predicted molar refractivity (Wildman–Crippen MR) is 68.1 cm³/mol. The molecular weight excluding hydrogens is 298 g/mol. The molecule has 0 heterocycles. The minimum Gasteiger partial charge on any atom is -0.463 e. The molecule has 0 saturated heterocycles. The molecule has 114 valence electrons. The van der Waals surface area contributed by atoms with E-state index in [9.17, 15) is 18.8 Å². The topological polar surface area (TPSA) is 108 Å². The average Bonchev–Trinajstić information content (AvgIpc) is 2.34. The normalized spacial score (nSPS) is 17.0. The van der Waals surface area contributed by atoms with Gasteiger partial charge in [0.2, 0.25) is 0 Å². The summed E-state index contributed by atoms with van der Waals surface area (Å²) in [5.41, 5.74) is 0. The first-order chi connectivity index (χ1) is 8.62. The lowest BCUT2D eigenvalue weighted by Crippen LogP contribution is -2.21. The first-order valence-electron chi connectivity index (χ1n) is 5.41. The highest BCUT2D eigenvalue weighted by Gasteiger charge is 2.49. The number of rotatable bonds is 8. The van der Waals surface area contributed by atoms with Crippen molar-refractivity contribution in [2.45, 2.75) is 31.8 Å². The molecule has 2 atom stereocenters. The Balaban J connectivity index is 5.27. The fraction of sp³-hybridized carbons (Fsp3) is 0.889. The number of hydrogen-bond acceptors (Lipinski definition) is 7. The van der Waals surface area contributed by atoms with Gasteiger partial charge in [0.1, 0.15) is 0 Å². The highest BCUT2D eigenvalue weighted by molar-refractivity contribution is 7.72. The summed E-state index contributed by atoms with van der Waals surface area (Å²) < 4.78 is 42.7. The summed E-state index contributed by atoms with van der Waals surface area (Å²) in [6.07, 6.45) is -1.02. The molecule has 2 unspecified atom stereocenters. The van der Waals surface area contributed by atoms with E-state index in [1.54, 1.807) is 13.8 Å². The third kappa shape index (κ3) is 5.34. The smallest absolute Gasteiger partial charge is 0.345 e. The monoisotopic (exact) mass is 318 g/mol. The molecule has 0 aliphatic carbocycles. The number of carbonyl (C=O) groups excluding carboxylic acids is 1. The van der Waals surface area contributed by atoms with Gasteiger partial charge in [0.15, 0.2) is 5.40 Å². The van der Waals surface area contributed by atoms with Crippen LogP contribution in [-0.2, 0) is 32.2 Å². The van der Waals surface area contributed by atoms with Gasteiger partial charge in [-0.3, -0.25) is 13.9 Å². The molecule has 0 aromatic heterocycles. The zero-order valence-corrected chi connectivity index (χ0v) is 13.4. The maximum absolute atomic E-state index is 12.2. The van der Waals surface area contributed by atoms with E-state index in [-0.39, 0.29) is 0 Å². The SMILES string of the molecule is COP(=O)(O)C(CC(=O)OC(C)C)P(=O)(OC)OC. The number of carbonyl (C=O) groups is 1. The van der Waals surface area contributed by atoms with E-state index < -0.39 is 39.1 Å². The van der Waals surface area contributed by atoms with Gasteiger partial charge in [-0.25, -0.2) is 0 Å². The minimum atomic E-state index is -4.35. The highest BCUT2D eigenvalue weighted by Crippen LogP contribution is 2.68. The molecular formula is C9H20O8P2. The Kier molecular flexibility index (Phi) is 7.43. The second-order valence-electron chi connectivity index (χ2n) is 3.88. The van der Waals surface area contributed by atoms with E-state index in [0.29, 0.717) is 0 Å². The molecule has 10 heteroatoms. The van der Waals surface area contributed by atoms with E-state index in [0.717, 1.165) is 21.3 Å². The average molecular weight is 318 g/mol. The van der Waals surface area contributed by atoms with Crippen molar-refractivity contribution in [2.24, 2.45) is 0 Å². The van der Waals surface area contributed by atoms with Crippen molar-refractivity contribution in [3.8, 4) is 0 Å². The lowest BCUT2D eigenvalue weighted by atomic mass is 10.4. The summed E-state index contributed by atoms with van der Waals surface area (Å²) in [7, 11) is -5.23. The Morgan fingerprint density at radius 2 is 1.58 bits per heavy atom. The van der Waals surface area contributed by atoms with Crippen molar-refractivity contribution >= 4 is 21.2 Å². The molecule has 0 saturated carbocycles. The van der Waals surface area contributed by atoms with Gasteiger partial charge in [0.25, 0.3) is 0 Å². The van der Waals surface area contributed by atoms with E-state index in [1.807, 2.05) is 0 Å². The summed E-state index contributed by atoms with van der Waals surface area (Å²) in [6.45, 7) is 3.24. The van der Waals surface area contributed by atoms with Crippen molar-refractivity contribution in [1.29, 1.82) is 0 Å². The summed E-state index contributed by atoms with van der Waals surface area (Å²) >= 11 is 0. The van der Waals surface area contributed by atoms with Crippen LogP contribution in [0.3, 0.4) is 0 Å². The number of ether oxygens (including phenoxy) is 1. The fourth-order valence-electron chi connectivity index (χ4n) is 1.31. The van der Waals surface area contributed by atoms with Crippen LogP contribution in [0.15, 0.2) is 0 Å². The van der Waals surface area contributed by atoms with Gasteiger partial charge in [-0.1, -0.05) is 0 Å². The van der Waals surface area contributed by atoms with Crippen LogP contribution < -0.4 is 0 Å². The molecule has 0 spiro atoms. The van der Waals surface area contributed by atoms with Crippen LogP contribution in [0.1, 0.15) is 20.3 Å². The second kappa shape index (κ2) is 7.53. The molecule has 8 nitrogen and oxygen atoms in total. The van der Waals surface area contributed by atoms with Crippen molar-refractivity contribution in [2.75, 3.05) is 21.3 Å². The van der Waals surface area contributed by atoms with E-state index >= 15 is 0 Å². The summed E-state index contributed by atoms with van der Waals surface area (Å²) in [5, 5.41) is -1.63. The van der Waals surface area contributed by atoms with Crippen LogP contribution in [0.4, 0.5) is 0 Å². The molecule has 0 fully saturated rings.